The van der Waals surface area contributed by atoms with E-state index in [1.54, 1.807) is 0 Å². The van der Waals surface area contributed by atoms with Crippen molar-refractivity contribution in [2.75, 3.05) is 0 Å². The lowest BCUT2D eigenvalue weighted by Crippen LogP contribution is -2.25. The molecule has 0 unspecified atom stereocenters. The van der Waals surface area contributed by atoms with Crippen molar-refractivity contribution in [3.05, 3.63) is 65.0 Å². The molecule has 0 fully saturated rings. The standard InChI is InChI=1S/C17H15F2N3O/c1-10-5-6-14-15(7-10)22-16(21-14)9-20-17(23)8-11-12(18)3-2-4-13(11)19/h2-7H,8-9H2,1H3,(H,20,23)(H,21,22). The maximum Gasteiger partial charge on any atom is 0.225 e. The summed E-state index contributed by atoms with van der Waals surface area (Å²) in [5.41, 5.74) is 2.56. The van der Waals surface area contributed by atoms with Gasteiger partial charge in [-0.05, 0) is 36.8 Å². The molecule has 0 spiro atoms. The number of aryl methyl sites for hydroxylation is 1. The van der Waals surface area contributed by atoms with E-state index in [1.165, 1.54) is 6.07 Å². The predicted molar refractivity (Wildman–Crippen MR) is 82.7 cm³/mol. The van der Waals surface area contributed by atoms with E-state index in [9.17, 15) is 13.6 Å². The van der Waals surface area contributed by atoms with Crippen LogP contribution >= 0.6 is 0 Å². The van der Waals surface area contributed by atoms with E-state index in [-0.39, 0.29) is 18.5 Å². The summed E-state index contributed by atoms with van der Waals surface area (Å²) >= 11 is 0. The van der Waals surface area contributed by atoms with Crippen LogP contribution in [0.25, 0.3) is 11.0 Å². The van der Waals surface area contributed by atoms with Crippen molar-refractivity contribution >= 4 is 16.9 Å². The van der Waals surface area contributed by atoms with Gasteiger partial charge in [0.15, 0.2) is 0 Å². The summed E-state index contributed by atoms with van der Waals surface area (Å²) in [5.74, 6) is -1.32. The van der Waals surface area contributed by atoms with Gasteiger partial charge in [0, 0.05) is 5.56 Å². The molecule has 0 saturated heterocycles. The maximum atomic E-state index is 13.5. The number of rotatable bonds is 4. The number of carbonyl (C=O) groups is 1. The van der Waals surface area contributed by atoms with Crippen LogP contribution in [0.4, 0.5) is 8.78 Å². The molecule has 0 atom stereocenters. The summed E-state index contributed by atoms with van der Waals surface area (Å²) in [4.78, 5) is 19.3. The van der Waals surface area contributed by atoms with E-state index in [2.05, 4.69) is 15.3 Å². The Hall–Kier alpha value is -2.76. The molecule has 1 heterocycles. The summed E-state index contributed by atoms with van der Waals surface area (Å²) in [6, 6.07) is 9.33. The number of fused-ring (bicyclic) bond motifs is 1. The van der Waals surface area contributed by atoms with Crippen molar-refractivity contribution in [1.82, 2.24) is 15.3 Å². The Bertz CT molecular complexity index is 853. The minimum atomic E-state index is -0.723. The van der Waals surface area contributed by atoms with E-state index in [4.69, 9.17) is 0 Å². The summed E-state index contributed by atoms with van der Waals surface area (Å²) in [7, 11) is 0. The van der Waals surface area contributed by atoms with Gasteiger partial charge in [0.05, 0.1) is 24.0 Å². The summed E-state index contributed by atoms with van der Waals surface area (Å²) in [6.07, 6.45) is -0.349. The molecule has 0 aliphatic rings. The van der Waals surface area contributed by atoms with Crippen LogP contribution in [0.15, 0.2) is 36.4 Å². The number of H-pyrrole nitrogens is 1. The quantitative estimate of drug-likeness (QED) is 0.777. The number of aromatic nitrogens is 2. The van der Waals surface area contributed by atoms with E-state index in [1.807, 2.05) is 25.1 Å². The molecule has 2 aromatic carbocycles. The van der Waals surface area contributed by atoms with E-state index < -0.39 is 17.5 Å². The fraction of sp³-hybridized carbons (Fsp3) is 0.176. The largest absolute Gasteiger partial charge is 0.349 e. The molecule has 118 valence electrons. The number of amides is 1. The first-order valence-corrected chi connectivity index (χ1v) is 7.18. The summed E-state index contributed by atoms with van der Waals surface area (Å²) in [6.45, 7) is 2.15. The number of nitrogens with one attached hydrogen (secondary N) is 2. The molecule has 2 N–H and O–H groups in total. The molecular formula is C17H15F2N3O. The average Bonchev–Trinajstić information content (AvgIpc) is 2.91. The number of imidazole rings is 1. The van der Waals surface area contributed by atoms with Gasteiger partial charge in [-0.1, -0.05) is 12.1 Å². The molecule has 0 aliphatic heterocycles. The molecule has 1 aromatic heterocycles. The summed E-state index contributed by atoms with van der Waals surface area (Å²) in [5, 5.41) is 2.61. The van der Waals surface area contributed by atoms with Crippen LogP contribution in [0, 0.1) is 18.6 Å². The Balaban J connectivity index is 1.66. The highest BCUT2D eigenvalue weighted by Crippen LogP contribution is 2.14. The van der Waals surface area contributed by atoms with Crippen LogP contribution < -0.4 is 5.32 Å². The van der Waals surface area contributed by atoms with Crippen LogP contribution in [0.5, 0.6) is 0 Å². The number of nitrogens with zero attached hydrogens (tertiary/aromatic N) is 1. The highest BCUT2D eigenvalue weighted by atomic mass is 19.1. The van der Waals surface area contributed by atoms with Crippen LogP contribution in [0.2, 0.25) is 0 Å². The normalized spacial score (nSPS) is 10.9. The van der Waals surface area contributed by atoms with Crippen molar-refractivity contribution < 1.29 is 13.6 Å². The fourth-order valence-corrected chi connectivity index (χ4v) is 2.37. The molecule has 6 heteroatoms. The average molecular weight is 315 g/mol. The Kier molecular flexibility index (Phi) is 4.06. The molecule has 0 saturated carbocycles. The van der Waals surface area contributed by atoms with Gasteiger partial charge in [-0.25, -0.2) is 13.8 Å². The van der Waals surface area contributed by atoms with Crippen molar-refractivity contribution in [3.8, 4) is 0 Å². The van der Waals surface area contributed by atoms with E-state index >= 15 is 0 Å². The molecule has 3 rings (SSSR count). The number of benzene rings is 2. The maximum absolute atomic E-state index is 13.5. The van der Waals surface area contributed by atoms with Gasteiger partial charge in [-0.15, -0.1) is 0 Å². The Morgan fingerprint density at radius 2 is 1.96 bits per heavy atom. The fourth-order valence-electron chi connectivity index (χ4n) is 2.37. The first-order valence-electron chi connectivity index (χ1n) is 7.18. The minimum Gasteiger partial charge on any atom is -0.349 e. The second-order valence-electron chi connectivity index (χ2n) is 5.36. The lowest BCUT2D eigenvalue weighted by molar-refractivity contribution is -0.120. The third kappa shape index (κ3) is 3.36. The van der Waals surface area contributed by atoms with Gasteiger partial charge in [-0.3, -0.25) is 4.79 Å². The number of halogens is 2. The highest BCUT2D eigenvalue weighted by molar-refractivity contribution is 5.79. The van der Waals surface area contributed by atoms with E-state index in [0.29, 0.717) is 5.82 Å². The number of aromatic amines is 1. The third-order valence-electron chi connectivity index (χ3n) is 3.54. The van der Waals surface area contributed by atoms with Gasteiger partial charge in [0.1, 0.15) is 17.5 Å². The smallest absolute Gasteiger partial charge is 0.225 e. The molecule has 1 amide bonds. The van der Waals surface area contributed by atoms with Crippen LogP contribution in [0.3, 0.4) is 0 Å². The monoisotopic (exact) mass is 315 g/mol. The zero-order valence-electron chi connectivity index (χ0n) is 12.5. The highest BCUT2D eigenvalue weighted by Gasteiger charge is 2.13. The van der Waals surface area contributed by atoms with Gasteiger partial charge in [0.25, 0.3) is 0 Å². The van der Waals surface area contributed by atoms with Crippen molar-refractivity contribution in [3.63, 3.8) is 0 Å². The molecule has 0 aliphatic carbocycles. The zero-order valence-corrected chi connectivity index (χ0v) is 12.5. The van der Waals surface area contributed by atoms with Gasteiger partial charge in [0.2, 0.25) is 5.91 Å². The molecule has 3 aromatic rings. The predicted octanol–water partition coefficient (Wildman–Crippen LogP) is 3.01. The topological polar surface area (TPSA) is 57.8 Å². The second kappa shape index (κ2) is 6.16. The van der Waals surface area contributed by atoms with Crippen molar-refractivity contribution in [1.29, 1.82) is 0 Å². The Morgan fingerprint density at radius 3 is 2.70 bits per heavy atom. The molecule has 0 bridgehead atoms. The molecular weight excluding hydrogens is 300 g/mol. The number of hydrogen-bond acceptors (Lipinski definition) is 2. The van der Waals surface area contributed by atoms with Crippen molar-refractivity contribution in [2.45, 2.75) is 19.9 Å². The lowest BCUT2D eigenvalue weighted by atomic mass is 10.1. The first-order chi connectivity index (χ1) is 11.0. The molecule has 23 heavy (non-hydrogen) atoms. The van der Waals surface area contributed by atoms with Gasteiger partial charge in [-0.2, -0.15) is 0 Å². The van der Waals surface area contributed by atoms with Gasteiger partial charge >= 0.3 is 0 Å². The zero-order chi connectivity index (χ0) is 16.4. The molecule has 0 radical (unpaired) electrons. The molecule has 4 nitrogen and oxygen atoms in total. The number of carbonyl (C=O) groups excluding carboxylic acids is 1. The SMILES string of the molecule is Cc1ccc2nc(CNC(=O)Cc3c(F)cccc3F)[nH]c2c1. The Morgan fingerprint density at radius 1 is 1.22 bits per heavy atom. The van der Waals surface area contributed by atoms with E-state index in [0.717, 1.165) is 28.7 Å². The lowest BCUT2D eigenvalue weighted by Gasteiger charge is -2.05. The van der Waals surface area contributed by atoms with Gasteiger partial charge < -0.3 is 10.3 Å². The van der Waals surface area contributed by atoms with Crippen LogP contribution in [-0.2, 0) is 17.8 Å². The third-order valence-corrected chi connectivity index (χ3v) is 3.54. The first kappa shape index (κ1) is 15.1. The number of hydrogen-bond donors (Lipinski definition) is 2. The second-order valence-corrected chi connectivity index (χ2v) is 5.36. The van der Waals surface area contributed by atoms with Crippen molar-refractivity contribution in [2.24, 2.45) is 0 Å². The Labute approximate surface area is 131 Å². The summed E-state index contributed by atoms with van der Waals surface area (Å²) < 4.78 is 27.0. The minimum absolute atomic E-state index is 0.169. The van der Waals surface area contributed by atoms with Crippen LogP contribution in [-0.4, -0.2) is 15.9 Å². The van der Waals surface area contributed by atoms with Crippen LogP contribution in [0.1, 0.15) is 17.0 Å².